The van der Waals surface area contributed by atoms with Crippen LogP contribution in [0.1, 0.15) is 11.1 Å². The molecule has 4 aromatic rings. The minimum Gasteiger partial charge on any atom is -0.395 e. The minimum absolute atomic E-state index is 0.0411. The van der Waals surface area contributed by atoms with Crippen molar-refractivity contribution in [3.8, 4) is 0 Å². The topological polar surface area (TPSA) is 327 Å². The predicted octanol–water partition coefficient (Wildman–Crippen LogP) is 0.180. The van der Waals surface area contributed by atoms with Crippen molar-refractivity contribution in [1.29, 1.82) is 0 Å². The van der Waals surface area contributed by atoms with Gasteiger partial charge in [0.05, 0.1) is 13.2 Å². The van der Waals surface area contributed by atoms with Crippen LogP contribution in [0.25, 0.3) is 12.2 Å². The molecule has 2 heterocycles. The van der Waals surface area contributed by atoms with Gasteiger partial charge in [0.2, 0.25) is 35.7 Å². The Balaban J connectivity index is 1.64. The smallest absolute Gasteiger partial charge is 0.295 e. The van der Waals surface area contributed by atoms with Crippen LogP contribution in [0.4, 0.5) is 47.1 Å². The average Bonchev–Trinajstić information content (AvgIpc) is 2.97. The maximum Gasteiger partial charge on any atom is 0.295 e. The fourth-order valence-electron chi connectivity index (χ4n) is 3.77. The van der Waals surface area contributed by atoms with E-state index < -0.39 is 30.0 Å². The van der Waals surface area contributed by atoms with Crippen molar-refractivity contribution >= 4 is 79.5 Å². The Kier molecular flexibility index (Phi) is 10.4. The van der Waals surface area contributed by atoms with E-state index in [0.29, 0.717) is 0 Å². The number of nitrogen functional groups attached to an aromatic ring is 2. The molecule has 12 N–H and O–H groups in total. The summed E-state index contributed by atoms with van der Waals surface area (Å²) in [5, 5.41) is 28.9. The maximum atomic E-state index is 12.3. The number of aromatic nitrogens is 6. The van der Waals surface area contributed by atoms with E-state index in [1.165, 1.54) is 36.4 Å². The predicted molar refractivity (Wildman–Crippen MR) is 168 cm³/mol. The molecule has 4 rings (SSSR count). The first kappa shape index (κ1) is 33.6. The van der Waals surface area contributed by atoms with E-state index in [1.807, 2.05) is 0 Å². The number of aliphatic hydroxyl groups is 2. The molecular formula is C24H28N12O8S2. The number of nitrogens with one attached hydrogen (secondary N) is 4. The lowest BCUT2D eigenvalue weighted by molar-refractivity contribution is 0.310. The Morgan fingerprint density at radius 1 is 0.609 bits per heavy atom. The molecule has 0 unspecified atom stereocenters. The molecule has 0 aliphatic carbocycles. The molecule has 0 atom stereocenters. The molecule has 0 saturated heterocycles. The SMILES string of the molecule is Nc1nc(NCCO)nc(Nc2ccc(/C=C/c3ccc(Nc4nc(N)nc(NCCO)n4)cc3S(=O)(=O)O)c(S(=O)(=O)O)c2)n1. The van der Waals surface area contributed by atoms with Gasteiger partial charge in [-0.2, -0.15) is 46.7 Å². The molecule has 2 aromatic heterocycles. The molecule has 20 nitrogen and oxygen atoms in total. The van der Waals surface area contributed by atoms with Crippen LogP contribution in [0.3, 0.4) is 0 Å². The Morgan fingerprint density at radius 3 is 1.33 bits per heavy atom. The highest BCUT2D eigenvalue weighted by molar-refractivity contribution is 7.86. The third kappa shape index (κ3) is 9.13. The monoisotopic (exact) mass is 676 g/mol. The summed E-state index contributed by atoms with van der Waals surface area (Å²) in [6.45, 7) is -0.132. The Morgan fingerprint density at radius 2 is 0.978 bits per heavy atom. The first-order valence-electron chi connectivity index (χ1n) is 12.9. The van der Waals surface area contributed by atoms with Crippen molar-refractivity contribution in [1.82, 2.24) is 29.9 Å². The number of nitrogens with zero attached hydrogens (tertiary/aromatic N) is 6. The lowest BCUT2D eigenvalue weighted by Gasteiger charge is -2.11. The molecule has 46 heavy (non-hydrogen) atoms. The van der Waals surface area contributed by atoms with Gasteiger partial charge in [-0.25, -0.2) is 0 Å². The van der Waals surface area contributed by atoms with E-state index in [1.54, 1.807) is 0 Å². The molecular weight excluding hydrogens is 648 g/mol. The van der Waals surface area contributed by atoms with Crippen molar-refractivity contribution < 1.29 is 36.2 Å². The van der Waals surface area contributed by atoms with Gasteiger partial charge in [0, 0.05) is 24.5 Å². The minimum atomic E-state index is -4.81. The third-order valence-corrected chi connectivity index (χ3v) is 7.45. The van der Waals surface area contributed by atoms with E-state index in [2.05, 4.69) is 51.2 Å². The van der Waals surface area contributed by atoms with Gasteiger partial charge in [-0.1, -0.05) is 24.3 Å². The number of rotatable bonds is 14. The van der Waals surface area contributed by atoms with Crippen LogP contribution in [-0.2, 0) is 20.2 Å². The molecule has 0 aliphatic heterocycles. The lowest BCUT2D eigenvalue weighted by atomic mass is 10.1. The summed E-state index contributed by atoms with van der Waals surface area (Å²) < 4.78 is 68.9. The summed E-state index contributed by atoms with van der Waals surface area (Å²) in [6, 6.07) is 7.64. The Labute approximate surface area is 261 Å². The number of aliphatic hydroxyl groups excluding tert-OH is 2. The molecule has 0 bridgehead atoms. The zero-order valence-corrected chi connectivity index (χ0v) is 25.2. The molecule has 0 aliphatic rings. The zero-order chi connectivity index (χ0) is 33.5. The lowest BCUT2D eigenvalue weighted by Crippen LogP contribution is -2.12. The van der Waals surface area contributed by atoms with Crippen LogP contribution in [0, 0.1) is 0 Å². The average molecular weight is 677 g/mol. The maximum absolute atomic E-state index is 12.3. The molecule has 0 radical (unpaired) electrons. The van der Waals surface area contributed by atoms with E-state index in [4.69, 9.17) is 21.7 Å². The van der Waals surface area contributed by atoms with Gasteiger partial charge >= 0.3 is 0 Å². The van der Waals surface area contributed by atoms with Gasteiger partial charge in [0.15, 0.2) is 0 Å². The fourth-order valence-corrected chi connectivity index (χ4v) is 5.19. The van der Waals surface area contributed by atoms with Gasteiger partial charge in [-0.3, -0.25) is 9.11 Å². The van der Waals surface area contributed by atoms with E-state index in [9.17, 15) is 25.9 Å². The van der Waals surface area contributed by atoms with Crippen molar-refractivity contribution in [3.05, 3.63) is 47.5 Å². The van der Waals surface area contributed by atoms with E-state index >= 15 is 0 Å². The normalized spacial score (nSPS) is 11.8. The van der Waals surface area contributed by atoms with Crippen LogP contribution in [0.15, 0.2) is 46.2 Å². The molecule has 2 aromatic carbocycles. The highest BCUT2D eigenvalue weighted by Gasteiger charge is 2.18. The summed E-state index contributed by atoms with van der Waals surface area (Å²) in [7, 11) is -9.62. The molecule has 244 valence electrons. The number of nitrogens with two attached hydrogens (primary N) is 2. The molecule has 0 amide bonds. The second kappa shape index (κ2) is 14.2. The van der Waals surface area contributed by atoms with Crippen molar-refractivity contribution in [2.24, 2.45) is 0 Å². The van der Waals surface area contributed by atoms with Crippen LogP contribution in [0.2, 0.25) is 0 Å². The van der Waals surface area contributed by atoms with Gasteiger partial charge < -0.3 is 42.9 Å². The number of anilines is 8. The number of benzene rings is 2. The fraction of sp³-hybridized carbons (Fsp3) is 0.167. The number of hydrogen-bond donors (Lipinski definition) is 10. The Hall–Kier alpha value is -5.26. The van der Waals surface area contributed by atoms with E-state index in [0.717, 1.165) is 12.1 Å². The standard InChI is InChI=1S/C24H28N12O8S2/c25-19-31-21(27-7-9-37)35-23(33-19)29-15-5-3-13(17(11-15)45(39,40)41)1-2-14-4-6-16(12-18(14)46(42,43)44)30-24-34-20(26)32-22(36-24)28-8-10-38/h1-6,11-12,37-38H,7-10H2,(H,39,40,41)(H,42,43,44)(H4,25,27,29,31,33,35)(H4,26,28,30,32,34,36)/b2-1+. The first-order valence-corrected chi connectivity index (χ1v) is 15.8. The van der Waals surface area contributed by atoms with Gasteiger partial charge in [0.25, 0.3) is 20.2 Å². The molecule has 22 heteroatoms. The quantitative estimate of drug-likeness (QED) is 0.0628. The first-order chi connectivity index (χ1) is 21.7. The van der Waals surface area contributed by atoms with Crippen molar-refractivity contribution in [3.63, 3.8) is 0 Å². The highest BCUT2D eigenvalue weighted by atomic mass is 32.2. The summed E-state index contributed by atoms with van der Waals surface area (Å²) >= 11 is 0. The highest BCUT2D eigenvalue weighted by Crippen LogP contribution is 2.28. The van der Waals surface area contributed by atoms with Crippen LogP contribution in [-0.4, -0.2) is 92.4 Å². The second-order valence-corrected chi connectivity index (χ2v) is 11.8. The molecule has 0 saturated carbocycles. The molecule has 0 fully saturated rings. The number of hydrogen-bond acceptors (Lipinski definition) is 18. The van der Waals surface area contributed by atoms with Gasteiger partial charge in [-0.15, -0.1) is 0 Å². The zero-order valence-electron chi connectivity index (χ0n) is 23.5. The van der Waals surface area contributed by atoms with Gasteiger partial charge in [-0.05, 0) is 35.4 Å². The summed E-state index contributed by atoms with van der Waals surface area (Å²) in [5.41, 5.74) is 11.5. The summed E-state index contributed by atoms with van der Waals surface area (Å²) in [4.78, 5) is 22.6. The van der Waals surface area contributed by atoms with Crippen LogP contribution >= 0.6 is 0 Å². The van der Waals surface area contributed by atoms with E-state index in [-0.39, 0.29) is 84.5 Å². The molecule has 0 spiro atoms. The van der Waals surface area contributed by atoms with Crippen LogP contribution < -0.4 is 32.7 Å². The van der Waals surface area contributed by atoms with Crippen molar-refractivity contribution in [2.45, 2.75) is 9.79 Å². The van der Waals surface area contributed by atoms with Crippen molar-refractivity contribution in [2.75, 3.05) is 59.0 Å². The summed E-state index contributed by atoms with van der Waals surface area (Å²) in [5.74, 6) is -0.373. The van der Waals surface area contributed by atoms with Gasteiger partial charge in [0.1, 0.15) is 9.79 Å². The third-order valence-electron chi connectivity index (χ3n) is 5.63. The Bertz CT molecular complexity index is 1840. The largest absolute Gasteiger partial charge is 0.395 e. The van der Waals surface area contributed by atoms with Crippen LogP contribution in [0.5, 0.6) is 0 Å². The second-order valence-electron chi connectivity index (χ2n) is 9.02. The summed E-state index contributed by atoms with van der Waals surface area (Å²) in [6.07, 6.45) is 2.43.